The number of anilines is 3. The first-order valence-corrected chi connectivity index (χ1v) is 7.23. The molecule has 0 spiro atoms. The third-order valence-electron chi connectivity index (χ3n) is 3.27. The molecule has 0 saturated heterocycles. The van der Waals surface area contributed by atoms with Crippen LogP contribution in [0.3, 0.4) is 0 Å². The van der Waals surface area contributed by atoms with Gasteiger partial charge in [-0.2, -0.15) is 4.98 Å². The van der Waals surface area contributed by atoms with Crippen molar-refractivity contribution in [3.63, 3.8) is 0 Å². The zero-order valence-electron chi connectivity index (χ0n) is 12.9. The molecule has 0 aliphatic rings. The van der Waals surface area contributed by atoms with Crippen molar-refractivity contribution >= 4 is 17.3 Å². The summed E-state index contributed by atoms with van der Waals surface area (Å²) in [5.41, 5.74) is 7.60. The van der Waals surface area contributed by atoms with Crippen LogP contribution in [0.4, 0.5) is 17.3 Å². The molecule has 0 unspecified atom stereocenters. The van der Waals surface area contributed by atoms with E-state index in [2.05, 4.69) is 27.4 Å². The number of aryl methyl sites for hydroxylation is 2. The minimum absolute atomic E-state index is 0.284. The number of nitrogens with zero attached hydrogens (tertiary/aromatic N) is 3. The van der Waals surface area contributed by atoms with Gasteiger partial charge < -0.3 is 20.3 Å². The van der Waals surface area contributed by atoms with E-state index >= 15 is 0 Å². The molecular weight excluding hydrogens is 294 g/mol. The monoisotopic (exact) mass is 311 g/mol. The van der Waals surface area contributed by atoms with Crippen molar-refractivity contribution in [2.24, 2.45) is 0 Å². The Morgan fingerprint density at radius 3 is 2.65 bits per heavy atom. The molecule has 0 aliphatic heterocycles. The molecule has 2 aromatic heterocycles. The van der Waals surface area contributed by atoms with Gasteiger partial charge in [0.1, 0.15) is 23.5 Å². The number of benzene rings is 1. The second kappa shape index (κ2) is 6.35. The zero-order valence-corrected chi connectivity index (χ0v) is 12.9. The van der Waals surface area contributed by atoms with Crippen LogP contribution in [-0.4, -0.2) is 15.1 Å². The fraction of sp³-hybridized carbons (Fsp3) is 0.188. The number of nitrogens with one attached hydrogen (secondary N) is 1. The summed E-state index contributed by atoms with van der Waals surface area (Å²) in [6.07, 6.45) is 2.35. The molecule has 0 atom stereocenters. The molecular formula is C16H17N5O2. The largest absolute Gasteiger partial charge is 0.437 e. The summed E-state index contributed by atoms with van der Waals surface area (Å²) in [6, 6.07) is 9.52. The molecule has 0 radical (unpaired) electrons. The van der Waals surface area contributed by atoms with Gasteiger partial charge in [0.15, 0.2) is 11.6 Å². The first-order chi connectivity index (χ1) is 11.2. The van der Waals surface area contributed by atoms with E-state index in [-0.39, 0.29) is 5.88 Å². The SMILES string of the molecule is CCc1ccc(Oc2ncnc(Nc3cc(C)on3)c2N)cc1. The lowest BCUT2D eigenvalue weighted by Crippen LogP contribution is -2.03. The Morgan fingerprint density at radius 1 is 1.22 bits per heavy atom. The average molecular weight is 311 g/mol. The molecule has 2 heterocycles. The second-order valence-corrected chi connectivity index (χ2v) is 4.99. The molecule has 1 aromatic carbocycles. The van der Waals surface area contributed by atoms with Gasteiger partial charge in [0.25, 0.3) is 0 Å². The summed E-state index contributed by atoms with van der Waals surface area (Å²) < 4.78 is 10.7. The van der Waals surface area contributed by atoms with E-state index in [0.29, 0.717) is 28.8 Å². The summed E-state index contributed by atoms with van der Waals surface area (Å²) in [7, 11) is 0. The molecule has 3 aromatic rings. The minimum Gasteiger partial charge on any atom is -0.437 e. The highest BCUT2D eigenvalue weighted by Crippen LogP contribution is 2.30. The first-order valence-electron chi connectivity index (χ1n) is 7.23. The van der Waals surface area contributed by atoms with Crippen LogP contribution in [0.15, 0.2) is 41.2 Å². The molecule has 0 bridgehead atoms. The summed E-state index contributed by atoms with van der Waals surface area (Å²) >= 11 is 0. The standard InChI is InChI=1S/C16H17N5O2/c1-3-11-4-6-12(7-5-11)22-16-14(17)15(18-9-19-16)20-13-8-10(2)23-21-13/h4-9H,3,17H2,1-2H3,(H,18,19,20,21). The maximum absolute atomic E-state index is 6.07. The van der Waals surface area contributed by atoms with E-state index < -0.39 is 0 Å². The Kier molecular flexibility index (Phi) is 4.09. The smallest absolute Gasteiger partial charge is 0.248 e. The molecule has 23 heavy (non-hydrogen) atoms. The first kappa shape index (κ1) is 14.8. The van der Waals surface area contributed by atoms with Crippen molar-refractivity contribution in [1.29, 1.82) is 0 Å². The van der Waals surface area contributed by atoms with Gasteiger partial charge in [-0.05, 0) is 31.0 Å². The van der Waals surface area contributed by atoms with Gasteiger partial charge in [0.2, 0.25) is 5.88 Å². The number of hydrogen-bond acceptors (Lipinski definition) is 7. The molecule has 0 amide bonds. The summed E-state index contributed by atoms with van der Waals surface area (Å²) in [5.74, 6) is 2.56. The fourth-order valence-corrected chi connectivity index (χ4v) is 2.01. The highest BCUT2D eigenvalue weighted by molar-refractivity contribution is 5.71. The predicted molar refractivity (Wildman–Crippen MR) is 86.9 cm³/mol. The molecule has 118 valence electrons. The van der Waals surface area contributed by atoms with Crippen molar-refractivity contribution in [2.75, 3.05) is 11.1 Å². The highest BCUT2D eigenvalue weighted by Gasteiger charge is 2.12. The average Bonchev–Trinajstić information content (AvgIpc) is 2.97. The normalized spacial score (nSPS) is 10.5. The molecule has 7 nitrogen and oxygen atoms in total. The summed E-state index contributed by atoms with van der Waals surface area (Å²) in [6.45, 7) is 3.90. The van der Waals surface area contributed by atoms with Gasteiger partial charge in [0, 0.05) is 6.07 Å². The number of aromatic nitrogens is 3. The Hall–Kier alpha value is -3.09. The van der Waals surface area contributed by atoms with E-state index in [9.17, 15) is 0 Å². The Labute approximate surface area is 133 Å². The zero-order chi connectivity index (χ0) is 16.2. The second-order valence-electron chi connectivity index (χ2n) is 4.99. The Balaban J connectivity index is 1.81. The molecule has 7 heteroatoms. The van der Waals surface area contributed by atoms with Crippen LogP contribution in [0, 0.1) is 6.92 Å². The van der Waals surface area contributed by atoms with Gasteiger partial charge in [-0.3, -0.25) is 0 Å². The highest BCUT2D eigenvalue weighted by atomic mass is 16.5. The van der Waals surface area contributed by atoms with E-state index in [0.717, 1.165) is 6.42 Å². The van der Waals surface area contributed by atoms with E-state index in [4.69, 9.17) is 15.0 Å². The lowest BCUT2D eigenvalue weighted by Gasteiger charge is -2.10. The summed E-state index contributed by atoms with van der Waals surface area (Å²) in [4.78, 5) is 8.19. The number of hydrogen-bond donors (Lipinski definition) is 2. The fourth-order valence-electron chi connectivity index (χ4n) is 2.01. The summed E-state index contributed by atoms with van der Waals surface area (Å²) in [5, 5.41) is 6.82. The van der Waals surface area contributed by atoms with Crippen molar-refractivity contribution in [3.8, 4) is 11.6 Å². The van der Waals surface area contributed by atoms with Crippen LogP contribution in [0.2, 0.25) is 0 Å². The van der Waals surface area contributed by atoms with Crippen molar-refractivity contribution in [3.05, 3.63) is 48.0 Å². The molecule has 3 N–H and O–H groups in total. The molecule has 3 rings (SSSR count). The molecule has 0 aliphatic carbocycles. The third-order valence-corrected chi connectivity index (χ3v) is 3.27. The number of rotatable bonds is 5. The van der Waals surface area contributed by atoms with Gasteiger partial charge in [0.05, 0.1) is 0 Å². The topological polar surface area (TPSA) is 99.1 Å². The Bertz CT molecular complexity index is 798. The van der Waals surface area contributed by atoms with Crippen molar-refractivity contribution in [1.82, 2.24) is 15.1 Å². The maximum atomic E-state index is 6.07. The lowest BCUT2D eigenvalue weighted by atomic mass is 10.2. The number of nitrogens with two attached hydrogens (primary N) is 1. The third kappa shape index (κ3) is 3.39. The van der Waals surface area contributed by atoms with Crippen molar-refractivity contribution in [2.45, 2.75) is 20.3 Å². The lowest BCUT2D eigenvalue weighted by molar-refractivity contribution is 0.400. The van der Waals surface area contributed by atoms with Gasteiger partial charge in [-0.25, -0.2) is 4.98 Å². The number of nitrogen functional groups attached to an aromatic ring is 1. The van der Waals surface area contributed by atoms with E-state index in [1.165, 1.54) is 11.9 Å². The minimum atomic E-state index is 0.284. The van der Waals surface area contributed by atoms with Gasteiger partial charge >= 0.3 is 0 Å². The van der Waals surface area contributed by atoms with Crippen LogP contribution in [0.5, 0.6) is 11.6 Å². The Morgan fingerprint density at radius 2 is 2.00 bits per heavy atom. The maximum Gasteiger partial charge on any atom is 0.248 e. The van der Waals surface area contributed by atoms with Gasteiger partial charge in [-0.15, -0.1) is 0 Å². The van der Waals surface area contributed by atoms with Crippen LogP contribution in [0.1, 0.15) is 18.2 Å². The van der Waals surface area contributed by atoms with E-state index in [1.807, 2.05) is 24.3 Å². The molecule has 0 fully saturated rings. The van der Waals surface area contributed by atoms with Crippen molar-refractivity contribution < 1.29 is 9.26 Å². The predicted octanol–water partition coefficient (Wildman–Crippen LogP) is 3.45. The van der Waals surface area contributed by atoms with Crippen LogP contribution >= 0.6 is 0 Å². The number of ether oxygens (including phenoxy) is 1. The van der Waals surface area contributed by atoms with Crippen LogP contribution < -0.4 is 15.8 Å². The van der Waals surface area contributed by atoms with Crippen LogP contribution in [-0.2, 0) is 6.42 Å². The molecule has 0 saturated carbocycles. The van der Waals surface area contributed by atoms with Gasteiger partial charge in [-0.1, -0.05) is 24.2 Å². The van der Waals surface area contributed by atoms with Crippen LogP contribution in [0.25, 0.3) is 0 Å². The quantitative estimate of drug-likeness (QED) is 0.744. The van der Waals surface area contributed by atoms with E-state index in [1.54, 1.807) is 13.0 Å².